The van der Waals surface area contributed by atoms with Gasteiger partial charge < -0.3 is 5.32 Å². The van der Waals surface area contributed by atoms with Gasteiger partial charge in [-0.3, -0.25) is 4.79 Å². The van der Waals surface area contributed by atoms with Gasteiger partial charge in [0.05, 0.1) is 0 Å². The minimum Gasteiger partial charge on any atom is -0.322 e. The van der Waals surface area contributed by atoms with E-state index in [0.29, 0.717) is 10.6 Å². The van der Waals surface area contributed by atoms with Gasteiger partial charge in [0.1, 0.15) is 0 Å². The molecule has 0 fully saturated rings. The maximum atomic E-state index is 12.4. The number of carbonyl (C=O) groups is 1. The minimum atomic E-state index is -0.142. The molecule has 0 bridgehead atoms. The summed E-state index contributed by atoms with van der Waals surface area (Å²) in [5.41, 5.74) is 3.58. The fourth-order valence-corrected chi connectivity index (χ4v) is 3.14. The van der Waals surface area contributed by atoms with Crippen LogP contribution in [0, 0.1) is 0 Å². The molecule has 2 nitrogen and oxygen atoms in total. The molecule has 4 aromatic carbocycles. The number of halogens is 1. The molecule has 0 spiro atoms. The average Bonchev–Trinajstić information content (AvgIpc) is 2.69. The van der Waals surface area contributed by atoms with Gasteiger partial charge >= 0.3 is 0 Å². The predicted molar refractivity (Wildman–Crippen MR) is 109 cm³/mol. The molecule has 0 radical (unpaired) electrons. The quantitative estimate of drug-likeness (QED) is 0.450. The van der Waals surface area contributed by atoms with E-state index in [4.69, 9.17) is 11.6 Å². The summed E-state index contributed by atoms with van der Waals surface area (Å²) in [4.78, 5) is 12.4. The maximum absolute atomic E-state index is 12.4. The lowest BCUT2D eigenvalue weighted by molar-refractivity contribution is 0.102. The van der Waals surface area contributed by atoms with Crippen LogP contribution in [0.1, 0.15) is 10.4 Å². The van der Waals surface area contributed by atoms with Crippen LogP contribution in [0.2, 0.25) is 5.02 Å². The standard InChI is InChI=1S/C23H16ClNO/c24-19-12-14-20(15-13-19)25-23(26)18-10-8-17(9-11-18)22-7-3-5-16-4-1-2-6-21(16)22/h1-15H,(H,25,26). The lowest BCUT2D eigenvalue weighted by Crippen LogP contribution is -2.11. The lowest BCUT2D eigenvalue weighted by atomic mass is 9.97. The van der Waals surface area contributed by atoms with Gasteiger partial charge in [-0.25, -0.2) is 0 Å². The van der Waals surface area contributed by atoms with E-state index in [9.17, 15) is 4.79 Å². The van der Waals surface area contributed by atoms with Gasteiger partial charge in [-0.2, -0.15) is 0 Å². The van der Waals surface area contributed by atoms with E-state index in [-0.39, 0.29) is 5.91 Å². The van der Waals surface area contributed by atoms with Crippen LogP contribution >= 0.6 is 11.6 Å². The highest BCUT2D eigenvalue weighted by molar-refractivity contribution is 6.30. The van der Waals surface area contributed by atoms with Crippen LogP contribution in [0.3, 0.4) is 0 Å². The first-order valence-electron chi connectivity index (χ1n) is 8.36. The molecule has 0 aliphatic carbocycles. The van der Waals surface area contributed by atoms with Crippen molar-refractivity contribution in [1.82, 2.24) is 0 Å². The van der Waals surface area contributed by atoms with Crippen molar-refractivity contribution < 1.29 is 4.79 Å². The third kappa shape index (κ3) is 3.32. The van der Waals surface area contributed by atoms with Crippen LogP contribution in [0.15, 0.2) is 91.0 Å². The number of benzene rings is 4. The monoisotopic (exact) mass is 357 g/mol. The minimum absolute atomic E-state index is 0.142. The highest BCUT2D eigenvalue weighted by Crippen LogP contribution is 2.28. The Bertz CT molecular complexity index is 1060. The molecule has 26 heavy (non-hydrogen) atoms. The Labute approximate surface area is 157 Å². The van der Waals surface area contributed by atoms with Gasteiger partial charge in [-0.1, -0.05) is 66.2 Å². The van der Waals surface area contributed by atoms with Crippen molar-refractivity contribution in [3.05, 3.63) is 102 Å². The van der Waals surface area contributed by atoms with Gasteiger partial charge in [0.25, 0.3) is 5.91 Å². The fourth-order valence-electron chi connectivity index (χ4n) is 3.01. The molecule has 0 saturated carbocycles. The van der Waals surface area contributed by atoms with Crippen molar-refractivity contribution >= 4 is 34.0 Å². The van der Waals surface area contributed by atoms with Crippen molar-refractivity contribution in [1.29, 1.82) is 0 Å². The molecule has 1 amide bonds. The van der Waals surface area contributed by atoms with Crippen molar-refractivity contribution in [2.45, 2.75) is 0 Å². The molecule has 126 valence electrons. The smallest absolute Gasteiger partial charge is 0.255 e. The van der Waals surface area contributed by atoms with E-state index in [2.05, 4.69) is 35.6 Å². The van der Waals surface area contributed by atoms with E-state index in [0.717, 1.165) is 16.8 Å². The predicted octanol–water partition coefficient (Wildman–Crippen LogP) is 6.41. The van der Waals surface area contributed by atoms with E-state index in [1.165, 1.54) is 10.8 Å². The summed E-state index contributed by atoms with van der Waals surface area (Å²) in [7, 11) is 0. The number of nitrogens with one attached hydrogen (secondary N) is 1. The summed E-state index contributed by atoms with van der Waals surface area (Å²) >= 11 is 5.87. The van der Waals surface area contributed by atoms with E-state index < -0.39 is 0 Å². The summed E-state index contributed by atoms with van der Waals surface area (Å²) in [5, 5.41) is 5.92. The Hall–Kier alpha value is -3.10. The molecule has 0 atom stereocenters. The molecule has 0 aromatic heterocycles. The molecule has 0 aliphatic rings. The number of hydrogen-bond donors (Lipinski definition) is 1. The zero-order chi connectivity index (χ0) is 17.9. The first-order valence-corrected chi connectivity index (χ1v) is 8.74. The number of amides is 1. The van der Waals surface area contributed by atoms with Gasteiger partial charge in [-0.05, 0) is 58.3 Å². The van der Waals surface area contributed by atoms with Crippen molar-refractivity contribution in [3.8, 4) is 11.1 Å². The van der Waals surface area contributed by atoms with Crippen LogP contribution in [-0.2, 0) is 0 Å². The second kappa shape index (κ2) is 7.03. The second-order valence-corrected chi connectivity index (χ2v) is 6.50. The first kappa shape index (κ1) is 16.4. The van der Waals surface area contributed by atoms with E-state index in [1.807, 2.05) is 36.4 Å². The molecule has 1 N–H and O–H groups in total. The number of hydrogen-bond acceptors (Lipinski definition) is 1. The van der Waals surface area contributed by atoms with Crippen LogP contribution in [0.4, 0.5) is 5.69 Å². The molecule has 0 aliphatic heterocycles. The largest absolute Gasteiger partial charge is 0.322 e. The molecule has 0 unspecified atom stereocenters. The molecular weight excluding hydrogens is 342 g/mol. The highest BCUT2D eigenvalue weighted by Gasteiger charge is 2.08. The van der Waals surface area contributed by atoms with Crippen LogP contribution < -0.4 is 5.32 Å². The number of anilines is 1. The zero-order valence-electron chi connectivity index (χ0n) is 13.9. The summed E-state index contributed by atoms with van der Waals surface area (Å²) < 4.78 is 0. The average molecular weight is 358 g/mol. The summed E-state index contributed by atoms with van der Waals surface area (Å²) in [6.45, 7) is 0. The molecule has 0 heterocycles. The molecule has 0 saturated heterocycles. The van der Waals surface area contributed by atoms with Crippen molar-refractivity contribution in [2.24, 2.45) is 0 Å². The molecule has 4 rings (SSSR count). The summed E-state index contributed by atoms with van der Waals surface area (Å²) in [5.74, 6) is -0.142. The Kier molecular flexibility index (Phi) is 4.42. The van der Waals surface area contributed by atoms with Gasteiger partial charge in [-0.15, -0.1) is 0 Å². The second-order valence-electron chi connectivity index (χ2n) is 6.07. The van der Waals surface area contributed by atoms with Crippen LogP contribution in [0.25, 0.3) is 21.9 Å². The maximum Gasteiger partial charge on any atom is 0.255 e. The van der Waals surface area contributed by atoms with Gasteiger partial charge in [0, 0.05) is 16.3 Å². The van der Waals surface area contributed by atoms with E-state index in [1.54, 1.807) is 24.3 Å². The Morgan fingerprint density at radius 1 is 0.731 bits per heavy atom. The Balaban J connectivity index is 1.60. The van der Waals surface area contributed by atoms with Crippen molar-refractivity contribution in [2.75, 3.05) is 5.32 Å². The Morgan fingerprint density at radius 2 is 1.42 bits per heavy atom. The number of fused-ring (bicyclic) bond motifs is 1. The number of rotatable bonds is 3. The molecule has 3 heteroatoms. The van der Waals surface area contributed by atoms with Gasteiger partial charge in [0.2, 0.25) is 0 Å². The molecule has 4 aromatic rings. The fraction of sp³-hybridized carbons (Fsp3) is 0. The summed E-state index contributed by atoms with van der Waals surface area (Å²) in [6, 6.07) is 29.3. The van der Waals surface area contributed by atoms with Crippen LogP contribution in [0.5, 0.6) is 0 Å². The topological polar surface area (TPSA) is 29.1 Å². The zero-order valence-corrected chi connectivity index (χ0v) is 14.7. The normalized spacial score (nSPS) is 10.7. The van der Waals surface area contributed by atoms with Crippen LogP contribution in [-0.4, -0.2) is 5.91 Å². The van der Waals surface area contributed by atoms with E-state index >= 15 is 0 Å². The Morgan fingerprint density at radius 3 is 2.19 bits per heavy atom. The summed E-state index contributed by atoms with van der Waals surface area (Å²) in [6.07, 6.45) is 0. The van der Waals surface area contributed by atoms with Gasteiger partial charge in [0.15, 0.2) is 0 Å². The van der Waals surface area contributed by atoms with Crippen molar-refractivity contribution in [3.63, 3.8) is 0 Å². The third-order valence-corrected chi connectivity index (χ3v) is 4.60. The molecular formula is C23H16ClNO. The number of carbonyl (C=O) groups excluding carboxylic acids is 1. The highest BCUT2D eigenvalue weighted by atomic mass is 35.5. The third-order valence-electron chi connectivity index (χ3n) is 4.35. The lowest BCUT2D eigenvalue weighted by Gasteiger charge is -2.09. The SMILES string of the molecule is O=C(Nc1ccc(Cl)cc1)c1ccc(-c2cccc3ccccc23)cc1. The first-order chi connectivity index (χ1) is 12.7.